The van der Waals surface area contributed by atoms with Gasteiger partial charge in [0.1, 0.15) is 0 Å². The molecule has 0 aliphatic carbocycles. The predicted molar refractivity (Wildman–Crippen MR) is 115 cm³/mol. The molecule has 0 aromatic heterocycles. The van der Waals surface area contributed by atoms with Crippen LogP contribution < -0.4 is 0 Å². The van der Waals surface area contributed by atoms with Crippen molar-refractivity contribution < 1.29 is 66.2 Å². The minimum atomic E-state index is -2.64. The summed E-state index contributed by atoms with van der Waals surface area (Å²) in [6.45, 7) is 24.0. The summed E-state index contributed by atoms with van der Waals surface area (Å²) < 4.78 is 19.5. The molecular formula is C18H42O6P2V2. The second-order valence-corrected chi connectivity index (χ2v) is 13.1. The molecule has 0 bridgehead atoms. The van der Waals surface area contributed by atoms with Crippen LogP contribution in [0.3, 0.4) is 0 Å². The summed E-state index contributed by atoms with van der Waals surface area (Å²) in [6, 6.07) is 0. The zero-order valence-electron chi connectivity index (χ0n) is 19.2. The summed E-state index contributed by atoms with van der Waals surface area (Å²) in [7, 11) is -5.28. The van der Waals surface area contributed by atoms with Gasteiger partial charge >= 0.3 is 0 Å². The molecule has 0 aliphatic rings. The molecule has 0 saturated heterocycles. The van der Waals surface area contributed by atoms with Crippen molar-refractivity contribution in [1.29, 1.82) is 0 Å². The van der Waals surface area contributed by atoms with Gasteiger partial charge in [-0.3, -0.25) is 9.13 Å². The van der Waals surface area contributed by atoms with Crippen molar-refractivity contribution in [3.63, 3.8) is 0 Å². The second-order valence-electron chi connectivity index (χ2n) is 7.96. The third-order valence-corrected chi connectivity index (χ3v) is 3.33. The summed E-state index contributed by atoms with van der Waals surface area (Å²) in [5.41, 5.74) is -0.194. The topological polar surface area (TPSA) is 115 Å². The van der Waals surface area contributed by atoms with Crippen molar-refractivity contribution in [2.45, 2.75) is 54.4 Å². The first kappa shape index (κ1) is 42.7. The van der Waals surface area contributed by atoms with E-state index < -0.39 is 14.7 Å². The van der Waals surface area contributed by atoms with E-state index in [0.717, 1.165) is 12.8 Å². The van der Waals surface area contributed by atoms with Crippen LogP contribution in [0.5, 0.6) is 0 Å². The molecule has 0 amide bonds. The van der Waals surface area contributed by atoms with E-state index >= 15 is 0 Å². The Morgan fingerprint density at radius 1 is 0.714 bits per heavy atom. The average Bonchev–Trinajstić information content (AvgIpc) is 2.35. The Hall–Kier alpha value is 0.629. The van der Waals surface area contributed by atoms with Gasteiger partial charge in [-0.05, 0) is 12.8 Å². The molecular weight excluding hydrogens is 476 g/mol. The largest absolute Gasteiger partial charge is 0.512 e. The van der Waals surface area contributed by atoms with Gasteiger partial charge in [-0.1, -0.05) is 54.7 Å². The molecule has 6 nitrogen and oxygen atoms in total. The zero-order chi connectivity index (χ0) is 22.6. The third kappa shape index (κ3) is 50.4. The molecule has 28 heavy (non-hydrogen) atoms. The number of hydrogen-bond acceptors (Lipinski definition) is 4. The molecule has 0 aliphatic heterocycles. The maximum absolute atomic E-state index is 9.77. The van der Waals surface area contributed by atoms with E-state index in [9.17, 15) is 9.13 Å². The van der Waals surface area contributed by atoms with Crippen LogP contribution in [-0.4, -0.2) is 46.7 Å². The molecule has 0 unspecified atom stereocenters. The molecule has 4 N–H and O–H groups in total. The fourth-order valence-corrected chi connectivity index (χ4v) is 0.408. The van der Waals surface area contributed by atoms with Gasteiger partial charge in [0, 0.05) is 74.6 Å². The van der Waals surface area contributed by atoms with Gasteiger partial charge in [0.2, 0.25) is 0 Å². The summed E-state index contributed by atoms with van der Waals surface area (Å²) in [5.74, 6) is 0.556. The standard InChI is InChI=1S/2C7H14O.2C2H7O2P.2V/c2*1-5-7(3,4)6(2)8;2*1-5(2,3)4;;/h2*8H,2,5H2,1,3-4H3;2*1-2H3,(H,3,4);;. The molecule has 0 atom stereocenters. The van der Waals surface area contributed by atoms with Gasteiger partial charge in [0.15, 0.2) is 14.7 Å². The molecule has 0 aromatic carbocycles. The molecule has 0 rings (SSSR count). The second kappa shape index (κ2) is 18.4. The molecule has 0 spiro atoms. The van der Waals surface area contributed by atoms with Crippen LogP contribution in [0.25, 0.3) is 0 Å². The first-order chi connectivity index (χ1) is 11.0. The monoisotopic (exact) mass is 518 g/mol. The van der Waals surface area contributed by atoms with Crippen molar-refractivity contribution in [2.24, 2.45) is 10.8 Å². The Morgan fingerprint density at radius 2 is 0.821 bits per heavy atom. The number of allylic oxidation sites excluding steroid dienone is 2. The molecule has 170 valence electrons. The summed E-state index contributed by atoms with van der Waals surface area (Å²) in [5, 5.41) is 17.8. The molecule has 2 radical (unpaired) electrons. The number of rotatable bonds is 4. The first-order valence-corrected chi connectivity index (χ1v) is 13.4. The molecule has 0 aromatic rings. The van der Waals surface area contributed by atoms with Crippen molar-refractivity contribution >= 4 is 14.7 Å². The van der Waals surface area contributed by atoms with Gasteiger partial charge in [0.25, 0.3) is 0 Å². The first-order valence-electron chi connectivity index (χ1n) is 8.33. The number of aliphatic hydroxyl groups is 2. The minimum absolute atomic E-state index is 0. The van der Waals surface area contributed by atoms with Crippen molar-refractivity contribution in [3.8, 4) is 0 Å². The molecule has 0 fully saturated rings. The zero-order valence-corrected chi connectivity index (χ0v) is 23.8. The van der Waals surface area contributed by atoms with Gasteiger partial charge < -0.3 is 20.0 Å². The van der Waals surface area contributed by atoms with Gasteiger partial charge in [-0.15, -0.1) is 0 Å². The van der Waals surface area contributed by atoms with Gasteiger partial charge in [-0.2, -0.15) is 0 Å². The number of hydrogen-bond donors (Lipinski definition) is 4. The Kier molecular flexibility index (Phi) is 28.0. The van der Waals surface area contributed by atoms with E-state index in [0.29, 0.717) is 0 Å². The summed E-state index contributed by atoms with van der Waals surface area (Å²) in [4.78, 5) is 16.2. The van der Waals surface area contributed by atoms with Crippen LogP contribution in [0.15, 0.2) is 24.7 Å². The van der Waals surface area contributed by atoms with E-state index in [4.69, 9.17) is 20.0 Å². The normalized spacial score (nSPS) is 10.7. The molecule has 0 saturated carbocycles. The Morgan fingerprint density at radius 3 is 0.821 bits per heavy atom. The van der Waals surface area contributed by atoms with Crippen LogP contribution in [0.1, 0.15) is 54.4 Å². The van der Waals surface area contributed by atoms with E-state index in [2.05, 4.69) is 13.2 Å². The van der Waals surface area contributed by atoms with E-state index in [1.165, 1.54) is 26.7 Å². The summed E-state index contributed by atoms with van der Waals surface area (Å²) in [6.07, 6.45) is 1.87. The smallest absolute Gasteiger partial charge is 0.194 e. The molecule has 0 heterocycles. The molecule has 10 heteroatoms. The van der Waals surface area contributed by atoms with Crippen LogP contribution >= 0.6 is 14.7 Å². The van der Waals surface area contributed by atoms with Crippen LogP contribution in [0.2, 0.25) is 0 Å². The fourth-order valence-electron chi connectivity index (χ4n) is 0.408. The Bertz CT molecular complexity index is 446. The van der Waals surface area contributed by atoms with Crippen LogP contribution in [0.4, 0.5) is 0 Å². The van der Waals surface area contributed by atoms with E-state index in [-0.39, 0.29) is 59.5 Å². The van der Waals surface area contributed by atoms with E-state index in [1.54, 1.807) is 0 Å². The van der Waals surface area contributed by atoms with E-state index in [1.807, 2.05) is 41.5 Å². The van der Waals surface area contributed by atoms with Gasteiger partial charge in [0.05, 0.1) is 11.5 Å². The van der Waals surface area contributed by atoms with Crippen molar-refractivity contribution in [2.75, 3.05) is 26.7 Å². The quantitative estimate of drug-likeness (QED) is 0.268. The fraction of sp³-hybridized carbons (Fsp3) is 0.778. The summed E-state index contributed by atoms with van der Waals surface area (Å²) >= 11 is 0. The van der Waals surface area contributed by atoms with Crippen molar-refractivity contribution in [1.82, 2.24) is 0 Å². The SMILES string of the molecule is C=C(O)C(C)(C)CC.C=C(O)C(C)(C)CC.CP(C)(=O)O.CP(C)(=O)O.[V].[V]. The van der Waals surface area contributed by atoms with Crippen LogP contribution in [0, 0.1) is 10.8 Å². The predicted octanol–water partition coefficient (Wildman–Crippen LogP) is 6.02. The maximum atomic E-state index is 9.77. The van der Waals surface area contributed by atoms with Gasteiger partial charge in [-0.25, -0.2) is 0 Å². The maximum Gasteiger partial charge on any atom is 0.194 e. The Balaban J connectivity index is -0.0000000576. The van der Waals surface area contributed by atoms with Crippen LogP contribution in [-0.2, 0) is 46.2 Å². The Labute approximate surface area is 197 Å². The third-order valence-electron chi connectivity index (χ3n) is 3.33. The number of aliphatic hydroxyl groups excluding tert-OH is 2. The van der Waals surface area contributed by atoms with Crippen molar-refractivity contribution in [3.05, 3.63) is 24.7 Å². The minimum Gasteiger partial charge on any atom is -0.512 e. The average molecular weight is 518 g/mol.